The highest BCUT2D eigenvalue weighted by molar-refractivity contribution is 5.56. The van der Waals surface area contributed by atoms with E-state index in [1.54, 1.807) is 0 Å². The fraction of sp³-hybridized carbons (Fsp3) is 0.227. The van der Waals surface area contributed by atoms with Crippen molar-refractivity contribution >= 4 is 5.78 Å². The third-order valence-electron chi connectivity index (χ3n) is 5.16. The maximum Gasteiger partial charge on any atom is 0.276 e. The van der Waals surface area contributed by atoms with Gasteiger partial charge in [0.2, 0.25) is 5.78 Å². The molecular formula is C22H21N5O2. The summed E-state index contributed by atoms with van der Waals surface area (Å²) in [7, 11) is 0. The molecule has 7 nitrogen and oxygen atoms in total. The maximum absolute atomic E-state index is 12.5. The Morgan fingerprint density at radius 3 is 2.72 bits per heavy atom. The van der Waals surface area contributed by atoms with Gasteiger partial charge in [-0.3, -0.25) is 4.79 Å². The zero-order valence-corrected chi connectivity index (χ0v) is 15.8. The Kier molecular flexibility index (Phi) is 4.37. The van der Waals surface area contributed by atoms with E-state index in [0.29, 0.717) is 29.8 Å². The summed E-state index contributed by atoms with van der Waals surface area (Å²) in [4.78, 5) is 20.1. The maximum atomic E-state index is 12.5. The van der Waals surface area contributed by atoms with Crippen LogP contribution in [-0.2, 0) is 13.2 Å². The van der Waals surface area contributed by atoms with E-state index in [1.807, 2.05) is 42.5 Å². The van der Waals surface area contributed by atoms with Crippen molar-refractivity contribution in [3.63, 3.8) is 0 Å². The summed E-state index contributed by atoms with van der Waals surface area (Å²) in [5, 5.41) is 4.32. The number of hydrogen-bond donors (Lipinski definition) is 2. The summed E-state index contributed by atoms with van der Waals surface area (Å²) in [5.74, 6) is 2.26. The standard InChI is InChI=1S/C22H21N5O2/c23-12-16-7-4-8-18(20(16)14-9-10-14)29-13-17-11-19(28)27-22(24-17)25-21(26-27)15-5-2-1-3-6-15/h1-8,11,14H,9-10,12-13,23H2,(H,24,25,26). The van der Waals surface area contributed by atoms with Crippen LogP contribution in [0.3, 0.4) is 0 Å². The van der Waals surface area contributed by atoms with Crippen LogP contribution in [0, 0.1) is 0 Å². The average molecular weight is 387 g/mol. The van der Waals surface area contributed by atoms with Crippen molar-refractivity contribution in [3.05, 3.63) is 81.8 Å². The lowest BCUT2D eigenvalue weighted by atomic mass is 10.0. The van der Waals surface area contributed by atoms with E-state index in [2.05, 4.69) is 21.1 Å². The monoisotopic (exact) mass is 387 g/mol. The summed E-state index contributed by atoms with van der Waals surface area (Å²) in [6.07, 6.45) is 2.33. The van der Waals surface area contributed by atoms with E-state index in [4.69, 9.17) is 10.5 Å². The lowest BCUT2D eigenvalue weighted by Gasteiger charge is -2.14. The molecule has 4 aromatic rings. The van der Waals surface area contributed by atoms with Crippen LogP contribution in [0.25, 0.3) is 17.2 Å². The topological polar surface area (TPSA) is 98.3 Å². The van der Waals surface area contributed by atoms with Gasteiger partial charge in [-0.25, -0.2) is 0 Å². The van der Waals surface area contributed by atoms with E-state index >= 15 is 0 Å². The van der Waals surface area contributed by atoms with E-state index in [9.17, 15) is 4.79 Å². The number of hydrogen-bond acceptors (Lipinski definition) is 5. The molecule has 0 saturated heterocycles. The third-order valence-corrected chi connectivity index (χ3v) is 5.16. The highest BCUT2D eigenvalue weighted by Gasteiger charge is 2.29. The molecule has 0 amide bonds. The van der Waals surface area contributed by atoms with E-state index in [1.165, 1.54) is 16.1 Å². The van der Waals surface area contributed by atoms with Gasteiger partial charge in [0.15, 0.2) is 5.82 Å². The molecule has 0 aliphatic heterocycles. The minimum absolute atomic E-state index is 0.243. The molecule has 0 radical (unpaired) electrons. The van der Waals surface area contributed by atoms with Gasteiger partial charge in [-0.15, -0.1) is 5.10 Å². The molecule has 1 aliphatic rings. The van der Waals surface area contributed by atoms with Crippen molar-refractivity contribution in [2.45, 2.75) is 31.9 Å². The number of aromatic amines is 1. The molecular weight excluding hydrogens is 366 g/mol. The highest BCUT2D eigenvalue weighted by Crippen LogP contribution is 2.46. The van der Waals surface area contributed by atoms with Crippen molar-refractivity contribution in [3.8, 4) is 17.1 Å². The second-order valence-electron chi connectivity index (χ2n) is 7.27. The number of aromatic nitrogens is 4. The molecule has 1 aliphatic carbocycles. The van der Waals surface area contributed by atoms with Crippen LogP contribution < -0.4 is 16.0 Å². The number of ether oxygens (including phenoxy) is 1. The highest BCUT2D eigenvalue weighted by atomic mass is 16.5. The largest absolute Gasteiger partial charge is 0.487 e. The van der Waals surface area contributed by atoms with Gasteiger partial charge in [0.05, 0.1) is 5.69 Å². The molecule has 5 rings (SSSR count). The Bertz CT molecular complexity index is 1230. The predicted octanol–water partition coefficient (Wildman–Crippen LogP) is 3.00. The molecule has 0 spiro atoms. The lowest BCUT2D eigenvalue weighted by Crippen LogP contribution is -2.16. The first kappa shape index (κ1) is 17.6. The fourth-order valence-electron chi connectivity index (χ4n) is 3.61. The van der Waals surface area contributed by atoms with Gasteiger partial charge in [0, 0.05) is 23.7 Å². The smallest absolute Gasteiger partial charge is 0.276 e. The van der Waals surface area contributed by atoms with Crippen molar-refractivity contribution in [2.24, 2.45) is 5.73 Å². The molecule has 2 aromatic heterocycles. The normalized spacial score (nSPS) is 13.7. The molecule has 0 bridgehead atoms. The molecule has 0 unspecified atom stereocenters. The summed E-state index contributed by atoms with van der Waals surface area (Å²) in [6, 6.07) is 17.0. The molecule has 1 saturated carbocycles. The second kappa shape index (κ2) is 7.18. The first-order valence-electron chi connectivity index (χ1n) is 9.72. The molecule has 1 fully saturated rings. The summed E-state index contributed by atoms with van der Waals surface area (Å²) >= 11 is 0. The van der Waals surface area contributed by atoms with Crippen molar-refractivity contribution in [2.75, 3.05) is 0 Å². The molecule has 7 heteroatoms. The number of nitrogens with two attached hydrogens (primary N) is 1. The van der Waals surface area contributed by atoms with Crippen LogP contribution in [-0.4, -0.2) is 19.6 Å². The first-order chi connectivity index (χ1) is 14.2. The molecule has 3 N–H and O–H groups in total. The Morgan fingerprint density at radius 2 is 1.97 bits per heavy atom. The van der Waals surface area contributed by atoms with Crippen molar-refractivity contribution < 1.29 is 4.74 Å². The third kappa shape index (κ3) is 3.40. The summed E-state index contributed by atoms with van der Waals surface area (Å²) in [5.41, 5.74) is 9.49. The lowest BCUT2D eigenvalue weighted by molar-refractivity contribution is 0.297. The average Bonchev–Trinajstić information content (AvgIpc) is 3.50. The summed E-state index contributed by atoms with van der Waals surface area (Å²) in [6.45, 7) is 0.737. The van der Waals surface area contributed by atoms with Gasteiger partial charge in [-0.1, -0.05) is 42.5 Å². The SMILES string of the molecule is NCc1cccc(OCc2cc(=O)n3nc(-c4ccccc4)nc3[nH]2)c1C1CC1. The molecule has 146 valence electrons. The van der Waals surface area contributed by atoms with Crippen LogP contribution in [0.2, 0.25) is 0 Å². The van der Waals surface area contributed by atoms with Gasteiger partial charge in [-0.05, 0) is 30.4 Å². The number of H-pyrrole nitrogens is 1. The van der Waals surface area contributed by atoms with Gasteiger partial charge in [0.25, 0.3) is 5.56 Å². The number of nitrogens with zero attached hydrogens (tertiary/aromatic N) is 3. The zero-order valence-electron chi connectivity index (χ0n) is 15.8. The van der Waals surface area contributed by atoms with E-state index < -0.39 is 0 Å². The number of rotatable bonds is 6. The fourth-order valence-corrected chi connectivity index (χ4v) is 3.61. The molecule has 2 aromatic carbocycles. The summed E-state index contributed by atoms with van der Waals surface area (Å²) < 4.78 is 7.35. The van der Waals surface area contributed by atoms with Crippen LogP contribution in [0.1, 0.15) is 35.6 Å². The number of fused-ring (bicyclic) bond motifs is 1. The first-order valence-corrected chi connectivity index (χ1v) is 9.72. The van der Waals surface area contributed by atoms with Crippen molar-refractivity contribution in [1.29, 1.82) is 0 Å². The Labute approximate surface area is 167 Å². The number of benzene rings is 2. The van der Waals surface area contributed by atoms with Crippen molar-refractivity contribution in [1.82, 2.24) is 19.6 Å². The molecule has 0 atom stereocenters. The second-order valence-corrected chi connectivity index (χ2v) is 7.27. The minimum Gasteiger partial charge on any atom is -0.487 e. The zero-order chi connectivity index (χ0) is 19.8. The van der Waals surface area contributed by atoms with Gasteiger partial charge in [0.1, 0.15) is 12.4 Å². The minimum atomic E-state index is -0.245. The van der Waals surface area contributed by atoms with Crippen LogP contribution >= 0.6 is 0 Å². The van der Waals surface area contributed by atoms with E-state index in [0.717, 1.165) is 29.7 Å². The van der Waals surface area contributed by atoms with Gasteiger partial charge in [-0.2, -0.15) is 9.50 Å². The quantitative estimate of drug-likeness (QED) is 0.530. The van der Waals surface area contributed by atoms with E-state index in [-0.39, 0.29) is 12.2 Å². The van der Waals surface area contributed by atoms with Crippen LogP contribution in [0.15, 0.2) is 59.4 Å². The van der Waals surface area contributed by atoms with Crippen LogP contribution in [0.5, 0.6) is 5.75 Å². The Balaban J connectivity index is 1.44. The molecule has 29 heavy (non-hydrogen) atoms. The van der Waals surface area contributed by atoms with Gasteiger partial charge >= 0.3 is 0 Å². The predicted molar refractivity (Wildman–Crippen MR) is 110 cm³/mol. The Hall–Kier alpha value is -3.45. The molecule has 2 heterocycles. The van der Waals surface area contributed by atoms with Gasteiger partial charge < -0.3 is 15.5 Å². The van der Waals surface area contributed by atoms with Crippen LogP contribution in [0.4, 0.5) is 0 Å². The number of nitrogens with one attached hydrogen (secondary N) is 1. The Morgan fingerprint density at radius 1 is 1.14 bits per heavy atom.